The Kier molecular flexibility index (Phi) is 6.63. The van der Waals surface area contributed by atoms with Crippen LogP contribution in [0.2, 0.25) is 0 Å². The number of rotatable bonds is 7. The Hall–Kier alpha value is -0.510. The van der Waals surface area contributed by atoms with Crippen LogP contribution in [0.25, 0.3) is 0 Å². The van der Waals surface area contributed by atoms with Gasteiger partial charge in [0.1, 0.15) is 0 Å². The van der Waals surface area contributed by atoms with Crippen LogP contribution in [-0.2, 0) is 0 Å². The molecule has 96 valence electrons. The summed E-state index contributed by atoms with van der Waals surface area (Å²) in [6.07, 6.45) is 0. The molecule has 0 spiro atoms. The van der Waals surface area contributed by atoms with Crippen LogP contribution in [0.5, 0.6) is 0 Å². The fraction of sp³-hybridized carbons (Fsp3) is 0.571. The molecule has 1 aromatic carbocycles. The first-order valence-corrected chi connectivity index (χ1v) is 7.23. The largest absolute Gasteiger partial charge is 0.396 e. The van der Waals surface area contributed by atoms with Crippen LogP contribution in [0.4, 0.5) is 0 Å². The number of nitrogens with one attached hydrogen (secondary N) is 1. The zero-order valence-corrected chi connectivity index (χ0v) is 11.8. The quantitative estimate of drug-likeness (QED) is 0.733. The number of hydrogen-bond donors (Lipinski definition) is 2. The standard InChI is InChI=1S/C14H23NOS/c1-4-15-12(3)13-5-7-14(8-6-13)17-10-11(2)9-16/h5-8,11-12,15-16H,4,9-10H2,1-3H3. The molecule has 1 rings (SSSR count). The van der Waals surface area contributed by atoms with Crippen molar-refractivity contribution in [3.05, 3.63) is 29.8 Å². The van der Waals surface area contributed by atoms with Gasteiger partial charge in [0.15, 0.2) is 0 Å². The first-order chi connectivity index (χ1) is 8.17. The lowest BCUT2D eigenvalue weighted by Gasteiger charge is -2.13. The molecule has 0 bridgehead atoms. The maximum absolute atomic E-state index is 8.97. The zero-order valence-electron chi connectivity index (χ0n) is 10.9. The van der Waals surface area contributed by atoms with Crippen LogP contribution < -0.4 is 5.32 Å². The van der Waals surface area contributed by atoms with Crippen LogP contribution in [0.15, 0.2) is 29.2 Å². The number of thioether (sulfide) groups is 1. The Bertz CT molecular complexity index is 313. The van der Waals surface area contributed by atoms with Crippen LogP contribution >= 0.6 is 11.8 Å². The van der Waals surface area contributed by atoms with Gasteiger partial charge < -0.3 is 10.4 Å². The zero-order chi connectivity index (χ0) is 12.7. The van der Waals surface area contributed by atoms with E-state index in [9.17, 15) is 0 Å². The average molecular weight is 253 g/mol. The van der Waals surface area contributed by atoms with Gasteiger partial charge in [0.25, 0.3) is 0 Å². The molecule has 0 fully saturated rings. The van der Waals surface area contributed by atoms with E-state index in [0.717, 1.165) is 12.3 Å². The van der Waals surface area contributed by atoms with Crippen LogP contribution in [0, 0.1) is 5.92 Å². The third-order valence-electron chi connectivity index (χ3n) is 2.74. The summed E-state index contributed by atoms with van der Waals surface area (Å²) in [6.45, 7) is 7.62. The molecule has 17 heavy (non-hydrogen) atoms. The summed E-state index contributed by atoms with van der Waals surface area (Å²) < 4.78 is 0. The van der Waals surface area contributed by atoms with Crippen molar-refractivity contribution in [2.24, 2.45) is 5.92 Å². The molecule has 2 nitrogen and oxygen atoms in total. The lowest BCUT2D eigenvalue weighted by atomic mass is 10.1. The second kappa shape index (κ2) is 7.75. The van der Waals surface area contributed by atoms with Crippen molar-refractivity contribution in [2.75, 3.05) is 18.9 Å². The fourth-order valence-corrected chi connectivity index (χ4v) is 2.48. The molecule has 0 saturated carbocycles. The molecule has 2 N–H and O–H groups in total. The Morgan fingerprint density at radius 2 is 1.88 bits per heavy atom. The van der Waals surface area contributed by atoms with Crippen molar-refractivity contribution in [3.8, 4) is 0 Å². The first-order valence-electron chi connectivity index (χ1n) is 6.24. The predicted molar refractivity (Wildman–Crippen MR) is 75.5 cm³/mol. The van der Waals surface area contributed by atoms with Crippen LogP contribution in [0.3, 0.4) is 0 Å². The van der Waals surface area contributed by atoms with Crippen LogP contribution in [0.1, 0.15) is 32.4 Å². The van der Waals surface area contributed by atoms with Gasteiger partial charge in [0, 0.05) is 23.3 Å². The van der Waals surface area contributed by atoms with E-state index in [-0.39, 0.29) is 6.61 Å². The maximum Gasteiger partial charge on any atom is 0.0464 e. The molecule has 0 amide bonds. The Morgan fingerprint density at radius 3 is 2.41 bits per heavy atom. The van der Waals surface area contributed by atoms with Crippen molar-refractivity contribution in [1.29, 1.82) is 0 Å². The van der Waals surface area contributed by atoms with Gasteiger partial charge in [-0.25, -0.2) is 0 Å². The summed E-state index contributed by atoms with van der Waals surface area (Å²) in [5.41, 5.74) is 1.33. The summed E-state index contributed by atoms with van der Waals surface area (Å²) in [6, 6.07) is 9.10. The minimum Gasteiger partial charge on any atom is -0.396 e. The normalized spacial score (nSPS) is 14.6. The molecule has 2 atom stereocenters. The third kappa shape index (κ3) is 5.11. The number of aliphatic hydroxyl groups excluding tert-OH is 1. The second-order valence-corrected chi connectivity index (χ2v) is 5.54. The van der Waals surface area contributed by atoms with Gasteiger partial charge in [-0.3, -0.25) is 0 Å². The third-order valence-corrected chi connectivity index (χ3v) is 4.08. The monoisotopic (exact) mass is 253 g/mol. The first kappa shape index (κ1) is 14.6. The highest BCUT2D eigenvalue weighted by molar-refractivity contribution is 7.99. The fourth-order valence-electron chi connectivity index (χ4n) is 1.57. The number of aliphatic hydroxyl groups is 1. The van der Waals surface area contributed by atoms with E-state index in [0.29, 0.717) is 12.0 Å². The molecule has 0 aliphatic rings. The van der Waals surface area contributed by atoms with Gasteiger partial charge in [0.05, 0.1) is 0 Å². The highest BCUT2D eigenvalue weighted by Gasteiger charge is 2.04. The molecule has 0 aliphatic heterocycles. The number of benzene rings is 1. The minimum absolute atomic E-state index is 0.266. The average Bonchev–Trinajstić information content (AvgIpc) is 2.36. The van der Waals surface area contributed by atoms with E-state index < -0.39 is 0 Å². The van der Waals surface area contributed by atoms with Crippen LogP contribution in [-0.4, -0.2) is 24.0 Å². The van der Waals surface area contributed by atoms with E-state index >= 15 is 0 Å². The van der Waals surface area contributed by atoms with Gasteiger partial charge in [-0.2, -0.15) is 0 Å². The van der Waals surface area contributed by atoms with Gasteiger partial charge in [-0.05, 0) is 37.1 Å². The highest BCUT2D eigenvalue weighted by atomic mass is 32.2. The predicted octanol–water partition coefficient (Wildman–Crippen LogP) is 3.08. The summed E-state index contributed by atoms with van der Waals surface area (Å²) in [5.74, 6) is 1.33. The molecule has 0 aliphatic carbocycles. The molecular weight excluding hydrogens is 230 g/mol. The van der Waals surface area contributed by atoms with E-state index in [1.54, 1.807) is 11.8 Å². The molecular formula is C14H23NOS. The van der Waals surface area contributed by atoms with Gasteiger partial charge in [-0.15, -0.1) is 11.8 Å². The van der Waals surface area contributed by atoms with Crippen molar-refractivity contribution in [3.63, 3.8) is 0 Å². The second-order valence-electron chi connectivity index (χ2n) is 4.45. The van der Waals surface area contributed by atoms with E-state index in [2.05, 4.69) is 50.4 Å². The van der Waals surface area contributed by atoms with Gasteiger partial charge >= 0.3 is 0 Å². The summed E-state index contributed by atoms with van der Waals surface area (Å²) in [7, 11) is 0. The lowest BCUT2D eigenvalue weighted by Crippen LogP contribution is -2.17. The van der Waals surface area contributed by atoms with Gasteiger partial charge in [0.2, 0.25) is 0 Å². The molecule has 3 heteroatoms. The summed E-state index contributed by atoms with van der Waals surface area (Å²) in [4.78, 5) is 1.28. The summed E-state index contributed by atoms with van der Waals surface area (Å²) in [5, 5.41) is 12.4. The molecule has 2 unspecified atom stereocenters. The Balaban J connectivity index is 2.50. The van der Waals surface area contributed by atoms with E-state index in [4.69, 9.17) is 5.11 Å². The molecule has 0 heterocycles. The van der Waals surface area contributed by atoms with Crippen molar-refractivity contribution in [2.45, 2.75) is 31.7 Å². The van der Waals surface area contributed by atoms with E-state index in [1.165, 1.54) is 10.5 Å². The van der Waals surface area contributed by atoms with Crippen molar-refractivity contribution >= 4 is 11.8 Å². The Morgan fingerprint density at radius 1 is 1.24 bits per heavy atom. The molecule has 0 radical (unpaired) electrons. The molecule has 1 aromatic rings. The smallest absolute Gasteiger partial charge is 0.0464 e. The van der Waals surface area contributed by atoms with Crippen molar-refractivity contribution < 1.29 is 5.11 Å². The topological polar surface area (TPSA) is 32.3 Å². The molecule has 0 aromatic heterocycles. The van der Waals surface area contributed by atoms with E-state index in [1.807, 2.05) is 0 Å². The molecule has 0 saturated heterocycles. The number of hydrogen-bond acceptors (Lipinski definition) is 3. The maximum atomic E-state index is 8.97. The summed E-state index contributed by atoms with van der Waals surface area (Å²) >= 11 is 1.81. The lowest BCUT2D eigenvalue weighted by molar-refractivity contribution is 0.250. The SMILES string of the molecule is CCNC(C)c1ccc(SCC(C)CO)cc1. The Labute approximate surface area is 109 Å². The van der Waals surface area contributed by atoms with Crippen molar-refractivity contribution in [1.82, 2.24) is 5.32 Å². The highest BCUT2D eigenvalue weighted by Crippen LogP contribution is 2.22. The van der Waals surface area contributed by atoms with Gasteiger partial charge in [-0.1, -0.05) is 26.0 Å². The minimum atomic E-state index is 0.266.